The van der Waals surface area contributed by atoms with Crippen molar-refractivity contribution in [2.75, 3.05) is 18.2 Å². The summed E-state index contributed by atoms with van der Waals surface area (Å²) in [5, 5.41) is 7.61. The molecular formula is C29H24N2O4S. The number of benzene rings is 4. The zero-order chi connectivity index (χ0) is 25.3. The van der Waals surface area contributed by atoms with Crippen LogP contribution in [-0.4, -0.2) is 30.6 Å². The van der Waals surface area contributed by atoms with Gasteiger partial charge in [-0.3, -0.25) is 14.4 Å². The van der Waals surface area contributed by atoms with Crippen molar-refractivity contribution in [1.82, 2.24) is 5.32 Å². The van der Waals surface area contributed by atoms with Gasteiger partial charge in [0, 0.05) is 16.1 Å². The summed E-state index contributed by atoms with van der Waals surface area (Å²) in [7, 11) is 1.35. The molecule has 0 unspecified atom stereocenters. The van der Waals surface area contributed by atoms with Crippen molar-refractivity contribution in [2.45, 2.75) is 4.90 Å². The van der Waals surface area contributed by atoms with E-state index in [4.69, 9.17) is 0 Å². The Balaban J connectivity index is 1.59. The Kier molecular flexibility index (Phi) is 8.16. The Morgan fingerprint density at radius 2 is 1.53 bits per heavy atom. The van der Waals surface area contributed by atoms with E-state index in [-0.39, 0.29) is 23.3 Å². The van der Waals surface area contributed by atoms with Gasteiger partial charge in [-0.05, 0) is 58.8 Å². The second-order valence-electron chi connectivity index (χ2n) is 7.79. The Morgan fingerprint density at radius 3 is 2.28 bits per heavy atom. The highest BCUT2D eigenvalue weighted by molar-refractivity contribution is 8.00. The van der Waals surface area contributed by atoms with E-state index in [1.165, 1.54) is 18.9 Å². The highest BCUT2D eigenvalue weighted by atomic mass is 32.2. The van der Waals surface area contributed by atoms with Crippen molar-refractivity contribution >= 4 is 52.1 Å². The number of anilines is 1. The molecule has 7 heteroatoms. The lowest BCUT2D eigenvalue weighted by atomic mass is 10.0. The smallest absolute Gasteiger partial charge is 0.315 e. The molecule has 2 N–H and O–H groups in total. The number of fused-ring (bicyclic) bond motifs is 1. The fourth-order valence-corrected chi connectivity index (χ4v) is 4.24. The molecule has 0 aromatic heterocycles. The summed E-state index contributed by atoms with van der Waals surface area (Å²) in [6.07, 6.45) is 1.68. The van der Waals surface area contributed by atoms with Crippen molar-refractivity contribution in [1.29, 1.82) is 0 Å². The van der Waals surface area contributed by atoms with Gasteiger partial charge in [0.2, 0.25) is 0 Å². The molecule has 0 radical (unpaired) electrons. The maximum absolute atomic E-state index is 13.3. The van der Waals surface area contributed by atoms with Crippen LogP contribution in [0.1, 0.15) is 15.9 Å². The van der Waals surface area contributed by atoms with Crippen LogP contribution in [0.15, 0.2) is 108 Å². The molecule has 0 aliphatic rings. The third kappa shape index (κ3) is 6.40. The molecule has 6 nitrogen and oxygen atoms in total. The first-order chi connectivity index (χ1) is 17.5. The number of methoxy groups -OCH3 is 1. The maximum atomic E-state index is 13.3. The highest BCUT2D eigenvalue weighted by Crippen LogP contribution is 2.23. The standard InChI is InChI=1S/C29H24N2O4S/c1-35-27(32)19-36-24-16-14-23(15-17-24)30-29(34)26(31-28(33)21-9-3-2-4-10-21)18-22-12-7-11-20-8-5-6-13-25(20)22/h2-18H,19H2,1H3,(H,30,34)(H,31,33)/b26-18-. The zero-order valence-corrected chi connectivity index (χ0v) is 20.4. The van der Waals surface area contributed by atoms with Crippen molar-refractivity contribution in [3.8, 4) is 0 Å². The minimum Gasteiger partial charge on any atom is -0.468 e. The van der Waals surface area contributed by atoms with Crippen LogP contribution in [-0.2, 0) is 14.3 Å². The Labute approximate surface area is 213 Å². The van der Waals surface area contributed by atoms with Crippen molar-refractivity contribution in [3.63, 3.8) is 0 Å². The maximum Gasteiger partial charge on any atom is 0.315 e. The molecule has 0 aliphatic carbocycles. The Morgan fingerprint density at radius 1 is 0.833 bits per heavy atom. The van der Waals surface area contributed by atoms with Gasteiger partial charge in [-0.15, -0.1) is 11.8 Å². The molecule has 0 atom stereocenters. The van der Waals surface area contributed by atoms with Gasteiger partial charge in [0.15, 0.2) is 0 Å². The molecule has 4 aromatic rings. The first kappa shape index (κ1) is 24.8. The number of hydrogen-bond donors (Lipinski definition) is 2. The summed E-state index contributed by atoms with van der Waals surface area (Å²) >= 11 is 1.34. The number of nitrogens with one attached hydrogen (secondary N) is 2. The van der Waals surface area contributed by atoms with Gasteiger partial charge in [0.05, 0.1) is 12.9 Å². The normalized spacial score (nSPS) is 11.1. The van der Waals surface area contributed by atoms with Gasteiger partial charge in [-0.2, -0.15) is 0 Å². The lowest BCUT2D eigenvalue weighted by Gasteiger charge is -2.12. The Hall–Kier alpha value is -4.36. The molecule has 4 rings (SSSR count). The van der Waals surface area contributed by atoms with Crippen LogP contribution in [0.2, 0.25) is 0 Å². The largest absolute Gasteiger partial charge is 0.468 e. The minimum atomic E-state index is -0.456. The average Bonchev–Trinajstić information content (AvgIpc) is 2.92. The summed E-state index contributed by atoms with van der Waals surface area (Å²) < 4.78 is 4.66. The van der Waals surface area contributed by atoms with Crippen LogP contribution in [0.5, 0.6) is 0 Å². The molecule has 0 heterocycles. The van der Waals surface area contributed by atoms with Crippen molar-refractivity contribution in [3.05, 3.63) is 114 Å². The number of rotatable bonds is 8. The van der Waals surface area contributed by atoms with Crippen LogP contribution in [0.25, 0.3) is 16.8 Å². The lowest BCUT2D eigenvalue weighted by molar-refractivity contribution is -0.137. The first-order valence-electron chi connectivity index (χ1n) is 11.2. The van der Waals surface area contributed by atoms with E-state index in [0.29, 0.717) is 11.3 Å². The third-order valence-electron chi connectivity index (χ3n) is 5.35. The number of carbonyl (C=O) groups excluding carboxylic acids is 3. The van der Waals surface area contributed by atoms with E-state index < -0.39 is 5.91 Å². The van der Waals surface area contributed by atoms with Crippen LogP contribution in [0, 0.1) is 0 Å². The van der Waals surface area contributed by atoms with Gasteiger partial charge in [0.25, 0.3) is 11.8 Å². The van der Waals surface area contributed by atoms with Crippen LogP contribution >= 0.6 is 11.8 Å². The second kappa shape index (κ2) is 11.9. The highest BCUT2D eigenvalue weighted by Gasteiger charge is 2.16. The molecule has 0 saturated heterocycles. The summed E-state index contributed by atoms with van der Waals surface area (Å²) in [6.45, 7) is 0. The van der Waals surface area contributed by atoms with Crippen LogP contribution in [0.4, 0.5) is 5.69 Å². The van der Waals surface area contributed by atoms with Crippen LogP contribution < -0.4 is 10.6 Å². The van der Waals surface area contributed by atoms with Gasteiger partial charge >= 0.3 is 5.97 Å². The predicted octanol–water partition coefficient (Wildman–Crippen LogP) is 5.51. The quantitative estimate of drug-likeness (QED) is 0.191. The molecule has 4 aromatic carbocycles. The van der Waals surface area contributed by atoms with E-state index in [0.717, 1.165) is 21.2 Å². The number of ether oxygens (including phenoxy) is 1. The Bertz CT molecular complexity index is 1410. The number of carbonyl (C=O) groups is 3. The van der Waals surface area contributed by atoms with E-state index in [2.05, 4.69) is 15.4 Å². The molecule has 0 saturated carbocycles. The topological polar surface area (TPSA) is 84.5 Å². The fraction of sp³-hybridized carbons (Fsp3) is 0.0690. The van der Waals surface area contributed by atoms with Gasteiger partial charge < -0.3 is 15.4 Å². The summed E-state index contributed by atoms with van der Waals surface area (Å²) in [6, 6.07) is 29.5. The molecule has 180 valence electrons. The molecule has 0 aliphatic heterocycles. The molecule has 2 amide bonds. The first-order valence-corrected chi connectivity index (χ1v) is 12.2. The summed E-state index contributed by atoms with van der Waals surface area (Å²) in [5.41, 5.74) is 1.92. The number of thioether (sulfide) groups is 1. The molecular weight excluding hydrogens is 472 g/mol. The van der Waals surface area contributed by atoms with E-state index in [1.54, 1.807) is 54.6 Å². The van der Waals surface area contributed by atoms with Crippen molar-refractivity contribution < 1.29 is 19.1 Å². The summed E-state index contributed by atoms with van der Waals surface area (Å²) in [5.74, 6) is -0.949. The monoisotopic (exact) mass is 496 g/mol. The van der Waals surface area contributed by atoms with Crippen molar-refractivity contribution in [2.24, 2.45) is 0 Å². The second-order valence-corrected chi connectivity index (χ2v) is 8.84. The van der Waals surface area contributed by atoms with Crippen LogP contribution in [0.3, 0.4) is 0 Å². The predicted molar refractivity (Wildman–Crippen MR) is 144 cm³/mol. The minimum absolute atomic E-state index is 0.115. The number of hydrogen-bond acceptors (Lipinski definition) is 5. The van der Waals surface area contributed by atoms with E-state index >= 15 is 0 Å². The fourth-order valence-electron chi connectivity index (χ4n) is 3.51. The van der Waals surface area contributed by atoms with Gasteiger partial charge in [-0.1, -0.05) is 60.7 Å². The SMILES string of the molecule is COC(=O)CSc1ccc(NC(=O)/C(=C/c2cccc3ccccc23)NC(=O)c2ccccc2)cc1. The van der Waals surface area contributed by atoms with E-state index in [9.17, 15) is 14.4 Å². The zero-order valence-electron chi connectivity index (χ0n) is 19.6. The average molecular weight is 497 g/mol. The lowest BCUT2D eigenvalue weighted by Crippen LogP contribution is -2.30. The summed E-state index contributed by atoms with van der Waals surface area (Å²) in [4.78, 5) is 38.4. The number of esters is 1. The van der Waals surface area contributed by atoms with E-state index in [1.807, 2.05) is 48.5 Å². The molecule has 0 spiro atoms. The molecule has 36 heavy (non-hydrogen) atoms. The molecule has 0 bridgehead atoms. The van der Waals surface area contributed by atoms with Gasteiger partial charge in [-0.25, -0.2) is 0 Å². The number of amides is 2. The third-order valence-corrected chi connectivity index (χ3v) is 6.33. The van der Waals surface area contributed by atoms with Gasteiger partial charge in [0.1, 0.15) is 5.70 Å². The molecule has 0 fully saturated rings.